The van der Waals surface area contributed by atoms with Crippen molar-refractivity contribution in [3.8, 4) is 0 Å². The molecule has 0 radical (unpaired) electrons. The van der Waals surface area contributed by atoms with E-state index in [-0.39, 0.29) is 17.3 Å². The van der Waals surface area contributed by atoms with Gasteiger partial charge in [-0.2, -0.15) is 0 Å². The largest absolute Gasteiger partial charge is 0.348 e. The Kier molecular flexibility index (Phi) is 5.85. The zero-order chi connectivity index (χ0) is 18.5. The third kappa shape index (κ3) is 4.59. The van der Waals surface area contributed by atoms with Gasteiger partial charge in [0.2, 0.25) is 0 Å². The number of rotatable bonds is 5. The lowest BCUT2D eigenvalue weighted by Crippen LogP contribution is -2.47. The lowest BCUT2D eigenvalue weighted by Gasteiger charge is -2.33. The molecule has 7 heteroatoms. The predicted molar refractivity (Wildman–Crippen MR) is 100 cm³/mol. The van der Waals surface area contributed by atoms with Gasteiger partial charge >= 0.3 is 0 Å². The summed E-state index contributed by atoms with van der Waals surface area (Å²) in [4.78, 5) is 25.4. The Bertz CT molecular complexity index is 798. The SMILES string of the molecule is O=C(NC1CCCN(Cc2ccccc2)C1)c1cc(Cl)ccc1[N+](=O)[O-]. The molecule has 3 rings (SSSR count). The van der Waals surface area contributed by atoms with Gasteiger partial charge in [-0.25, -0.2) is 0 Å². The molecule has 1 atom stereocenters. The van der Waals surface area contributed by atoms with Crippen LogP contribution in [0.2, 0.25) is 5.02 Å². The van der Waals surface area contributed by atoms with Crippen LogP contribution in [0.5, 0.6) is 0 Å². The molecule has 0 aliphatic carbocycles. The van der Waals surface area contributed by atoms with Gasteiger partial charge in [0.1, 0.15) is 5.56 Å². The number of nitrogens with one attached hydrogen (secondary N) is 1. The quantitative estimate of drug-likeness (QED) is 0.641. The number of hydrogen-bond acceptors (Lipinski definition) is 4. The number of nitro benzene ring substituents is 1. The number of halogens is 1. The van der Waals surface area contributed by atoms with E-state index < -0.39 is 10.8 Å². The average Bonchev–Trinajstić information content (AvgIpc) is 2.62. The maximum absolute atomic E-state index is 12.6. The van der Waals surface area contributed by atoms with Crippen LogP contribution in [0.1, 0.15) is 28.8 Å². The maximum Gasteiger partial charge on any atom is 0.282 e. The highest BCUT2D eigenvalue weighted by atomic mass is 35.5. The second-order valence-corrected chi connectivity index (χ2v) is 6.89. The Hall–Kier alpha value is -2.44. The van der Waals surface area contributed by atoms with Gasteiger partial charge in [0, 0.05) is 30.2 Å². The molecular weight excluding hydrogens is 354 g/mol. The van der Waals surface area contributed by atoms with Crippen LogP contribution in [0.25, 0.3) is 0 Å². The zero-order valence-electron chi connectivity index (χ0n) is 14.2. The number of amides is 1. The normalized spacial score (nSPS) is 17.7. The second-order valence-electron chi connectivity index (χ2n) is 6.45. The molecule has 1 saturated heterocycles. The first-order chi connectivity index (χ1) is 12.5. The van der Waals surface area contributed by atoms with Gasteiger partial charge in [0.05, 0.1) is 4.92 Å². The van der Waals surface area contributed by atoms with Crippen LogP contribution >= 0.6 is 11.6 Å². The summed E-state index contributed by atoms with van der Waals surface area (Å²) in [6.07, 6.45) is 1.82. The molecule has 6 nitrogen and oxygen atoms in total. The predicted octanol–water partition coefficient (Wildman–Crippen LogP) is 3.64. The second kappa shape index (κ2) is 8.29. The number of likely N-dealkylation sites (tertiary alicyclic amines) is 1. The van der Waals surface area contributed by atoms with Crippen LogP contribution in [0, 0.1) is 10.1 Å². The molecule has 2 aromatic carbocycles. The van der Waals surface area contributed by atoms with Gasteiger partial charge in [-0.05, 0) is 37.1 Å². The number of nitro groups is 1. The number of hydrogen-bond donors (Lipinski definition) is 1. The van der Waals surface area contributed by atoms with Crippen molar-refractivity contribution >= 4 is 23.2 Å². The Balaban J connectivity index is 1.66. The van der Waals surface area contributed by atoms with E-state index in [1.54, 1.807) is 0 Å². The van der Waals surface area contributed by atoms with Gasteiger partial charge in [0.25, 0.3) is 11.6 Å². The molecule has 1 fully saturated rings. The van der Waals surface area contributed by atoms with E-state index in [0.29, 0.717) is 5.02 Å². The Morgan fingerprint density at radius 1 is 1.27 bits per heavy atom. The molecule has 0 bridgehead atoms. The van der Waals surface area contributed by atoms with Gasteiger partial charge in [-0.1, -0.05) is 41.9 Å². The molecule has 1 aliphatic heterocycles. The first-order valence-corrected chi connectivity index (χ1v) is 8.92. The Morgan fingerprint density at radius 2 is 2.04 bits per heavy atom. The Morgan fingerprint density at radius 3 is 2.77 bits per heavy atom. The summed E-state index contributed by atoms with van der Waals surface area (Å²) >= 11 is 5.91. The number of benzene rings is 2. The molecule has 2 aromatic rings. The van der Waals surface area contributed by atoms with Crippen molar-refractivity contribution in [2.75, 3.05) is 13.1 Å². The van der Waals surface area contributed by atoms with Crippen LogP contribution in [-0.4, -0.2) is 34.9 Å². The molecule has 1 N–H and O–H groups in total. The molecule has 26 heavy (non-hydrogen) atoms. The molecule has 1 unspecified atom stereocenters. The van der Waals surface area contributed by atoms with E-state index in [1.807, 2.05) is 18.2 Å². The van der Waals surface area contributed by atoms with Gasteiger partial charge in [-0.15, -0.1) is 0 Å². The summed E-state index contributed by atoms with van der Waals surface area (Å²) in [5, 5.41) is 14.4. The number of carbonyl (C=O) groups excluding carboxylic acids is 1. The van der Waals surface area contributed by atoms with E-state index in [9.17, 15) is 14.9 Å². The van der Waals surface area contributed by atoms with Crippen molar-refractivity contribution in [2.45, 2.75) is 25.4 Å². The van der Waals surface area contributed by atoms with Crippen molar-refractivity contribution < 1.29 is 9.72 Å². The van der Waals surface area contributed by atoms with Crippen molar-refractivity contribution in [3.05, 3.63) is 74.8 Å². The third-order valence-corrected chi connectivity index (χ3v) is 4.72. The molecular formula is C19H20ClN3O3. The minimum Gasteiger partial charge on any atom is -0.348 e. The minimum atomic E-state index is -0.562. The van der Waals surface area contributed by atoms with Crippen LogP contribution in [0.3, 0.4) is 0 Å². The van der Waals surface area contributed by atoms with Crippen LogP contribution in [-0.2, 0) is 6.54 Å². The van der Waals surface area contributed by atoms with Crippen molar-refractivity contribution in [2.24, 2.45) is 0 Å². The highest BCUT2D eigenvalue weighted by Crippen LogP contribution is 2.23. The molecule has 0 spiro atoms. The first-order valence-electron chi connectivity index (χ1n) is 8.54. The van der Waals surface area contributed by atoms with E-state index >= 15 is 0 Å². The lowest BCUT2D eigenvalue weighted by atomic mass is 10.0. The third-order valence-electron chi connectivity index (χ3n) is 4.49. The fraction of sp³-hybridized carbons (Fsp3) is 0.316. The lowest BCUT2D eigenvalue weighted by molar-refractivity contribution is -0.385. The molecule has 1 aliphatic rings. The number of nitrogens with zero attached hydrogens (tertiary/aromatic N) is 2. The van der Waals surface area contributed by atoms with Crippen molar-refractivity contribution in [1.29, 1.82) is 0 Å². The summed E-state index contributed by atoms with van der Waals surface area (Å²) in [5.41, 5.74) is 0.997. The number of piperidine rings is 1. The molecule has 1 amide bonds. The summed E-state index contributed by atoms with van der Waals surface area (Å²) in [7, 11) is 0. The summed E-state index contributed by atoms with van der Waals surface area (Å²) in [6, 6.07) is 14.2. The summed E-state index contributed by atoms with van der Waals surface area (Å²) < 4.78 is 0. The van der Waals surface area contributed by atoms with Crippen molar-refractivity contribution in [1.82, 2.24) is 10.2 Å². The number of carbonyl (C=O) groups is 1. The molecule has 0 saturated carbocycles. The molecule has 0 aromatic heterocycles. The first kappa shape index (κ1) is 18.4. The smallest absolute Gasteiger partial charge is 0.282 e. The van der Waals surface area contributed by atoms with Crippen LogP contribution < -0.4 is 5.32 Å². The topological polar surface area (TPSA) is 75.5 Å². The van der Waals surface area contributed by atoms with E-state index in [0.717, 1.165) is 32.5 Å². The van der Waals surface area contributed by atoms with Crippen molar-refractivity contribution in [3.63, 3.8) is 0 Å². The van der Waals surface area contributed by atoms with Crippen LogP contribution in [0.4, 0.5) is 5.69 Å². The van der Waals surface area contributed by atoms with E-state index in [4.69, 9.17) is 11.6 Å². The van der Waals surface area contributed by atoms with E-state index in [1.165, 1.54) is 23.8 Å². The average molecular weight is 374 g/mol. The Labute approximate surface area is 156 Å². The maximum atomic E-state index is 12.6. The fourth-order valence-electron chi connectivity index (χ4n) is 3.27. The molecule has 1 heterocycles. The highest BCUT2D eigenvalue weighted by molar-refractivity contribution is 6.31. The van der Waals surface area contributed by atoms with Gasteiger partial charge < -0.3 is 5.32 Å². The van der Waals surface area contributed by atoms with Gasteiger partial charge in [0.15, 0.2) is 0 Å². The highest BCUT2D eigenvalue weighted by Gasteiger charge is 2.25. The monoisotopic (exact) mass is 373 g/mol. The zero-order valence-corrected chi connectivity index (χ0v) is 15.0. The minimum absolute atomic E-state index is 0.00248. The fourth-order valence-corrected chi connectivity index (χ4v) is 3.44. The van der Waals surface area contributed by atoms with E-state index in [2.05, 4.69) is 22.3 Å². The standard InChI is InChI=1S/C19H20ClN3O3/c20-15-8-9-18(23(25)26)17(11-15)19(24)21-16-7-4-10-22(13-16)12-14-5-2-1-3-6-14/h1-3,5-6,8-9,11,16H,4,7,10,12-13H2,(H,21,24). The van der Waals surface area contributed by atoms with Crippen LogP contribution in [0.15, 0.2) is 48.5 Å². The molecule has 136 valence electrons. The van der Waals surface area contributed by atoms with Gasteiger partial charge in [-0.3, -0.25) is 19.8 Å². The summed E-state index contributed by atoms with van der Waals surface area (Å²) in [5.74, 6) is -0.453. The summed E-state index contributed by atoms with van der Waals surface area (Å²) in [6.45, 7) is 2.51.